The molecule has 1 N–H and O–H groups in total. The maximum Gasteiger partial charge on any atom is 0.361 e. The number of nitrogens with zero attached hydrogens (tertiary/aromatic N) is 1. The monoisotopic (exact) mass is 1230 g/mol. The molecule has 0 aromatic heterocycles. The number of likely N-dealkylation sites (N-methyl/N-ethyl adjacent to an activating group) is 1. The predicted octanol–water partition coefficient (Wildman–Crippen LogP) is 23.7. The number of carboxylic acid groups (broad SMARTS) is 1. The summed E-state index contributed by atoms with van der Waals surface area (Å²) < 4.78 is 23.0. The third-order valence-corrected chi connectivity index (χ3v) is 17.1. The molecule has 2 unspecified atom stereocenters. The SMILES string of the molecule is CCCCCCC/C=C\C/C=C\CCCCCCCCCCCCCCCCCCCCCCCC(=O)OC(COC(=O)CCCCCCCCCCCCCCCCCCC/C=C\C/C=C\CCCCCCC)COC(OCC[N+](C)(C)C)C(=O)O. The average Bonchev–Trinajstić information content (AvgIpc) is 3.59. The molecule has 0 aromatic carbocycles. The second-order valence-corrected chi connectivity index (χ2v) is 27.0. The highest BCUT2D eigenvalue weighted by molar-refractivity contribution is 5.71. The minimum absolute atomic E-state index is 0.177. The summed E-state index contributed by atoms with van der Waals surface area (Å²) in [4.78, 5) is 37.7. The van der Waals surface area contributed by atoms with Crippen molar-refractivity contribution >= 4 is 17.9 Å². The molecule has 0 spiro atoms. The van der Waals surface area contributed by atoms with Gasteiger partial charge < -0.3 is 28.5 Å². The molecular formula is C78H146NO8+. The van der Waals surface area contributed by atoms with Crippen molar-refractivity contribution in [2.75, 3.05) is 47.5 Å². The van der Waals surface area contributed by atoms with E-state index in [1.54, 1.807) is 0 Å². The zero-order valence-corrected chi connectivity index (χ0v) is 58.5. The molecule has 0 aliphatic heterocycles. The van der Waals surface area contributed by atoms with Crippen molar-refractivity contribution in [1.82, 2.24) is 0 Å². The zero-order valence-electron chi connectivity index (χ0n) is 58.5. The highest BCUT2D eigenvalue weighted by Crippen LogP contribution is 2.19. The fourth-order valence-electron chi connectivity index (χ4n) is 11.3. The summed E-state index contributed by atoms with van der Waals surface area (Å²) in [6, 6.07) is 0. The molecule has 9 nitrogen and oxygen atoms in total. The Balaban J connectivity index is 4.02. The van der Waals surface area contributed by atoms with Gasteiger partial charge in [-0.15, -0.1) is 0 Å². The third-order valence-electron chi connectivity index (χ3n) is 17.1. The van der Waals surface area contributed by atoms with E-state index in [-0.39, 0.29) is 38.2 Å². The van der Waals surface area contributed by atoms with Gasteiger partial charge in [0, 0.05) is 12.8 Å². The lowest BCUT2D eigenvalue weighted by atomic mass is 10.0. The molecule has 0 heterocycles. The molecule has 0 aromatic rings. The van der Waals surface area contributed by atoms with Gasteiger partial charge in [-0.2, -0.15) is 0 Å². The van der Waals surface area contributed by atoms with Crippen molar-refractivity contribution in [3.05, 3.63) is 48.6 Å². The number of esters is 2. The summed E-state index contributed by atoms with van der Waals surface area (Å²) in [5.74, 6) is -1.98. The number of unbranched alkanes of at least 4 members (excludes halogenated alkanes) is 48. The van der Waals surface area contributed by atoms with E-state index in [2.05, 4.69) is 62.5 Å². The van der Waals surface area contributed by atoms with Gasteiger partial charge in [-0.1, -0.05) is 332 Å². The van der Waals surface area contributed by atoms with Crippen LogP contribution >= 0.6 is 0 Å². The van der Waals surface area contributed by atoms with Crippen LogP contribution in [0, 0.1) is 0 Å². The van der Waals surface area contributed by atoms with Crippen molar-refractivity contribution in [3.63, 3.8) is 0 Å². The second kappa shape index (κ2) is 69.1. The van der Waals surface area contributed by atoms with Crippen LogP contribution in [0.3, 0.4) is 0 Å². The van der Waals surface area contributed by atoms with Crippen LogP contribution in [-0.2, 0) is 33.3 Å². The first-order valence-corrected chi connectivity index (χ1v) is 37.8. The second-order valence-electron chi connectivity index (χ2n) is 27.0. The van der Waals surface area contributed by atoms with Gasteiger partial charge in [0.15, 0.2) is 6.10 Å². The molecule has 9 heteroatoms. The minimum Gasteiger partial charge on any atom is -0.477 e. The van der Waals surface area contributed by atoms with E-state index in [0.29, 0.717) is 17.4 Å². The Labute approximate surface area is 540 Å². The van der Waals surface area contributed by atoms with E-state index in [9.17, 15) is 19.5 Å². The van der Waals surface area contributed by atoms with E-state index in [0.717, 1.165) is 51.4 Å². The van der Waals surface area contributed by atoms with E-state index in [1.165, 1.54) is 295 Å². The largest absolute Gasteiger partial charge is 0.477 e. The van der Waals surface area contributed by atoms with Gasteiger partial charge >= 0.3 is 17.9 Å². The number of allylic oxidation sites excluding steroid dienone is 8. The molecule has 0 rings (SSSR count). The van der Waals surface area contributed by atoms with Crippen LogP contribution in [-0.4, -0.2) is 87.4 Å². The van der Waals surface area contributed by atoms with E-state index in [4.69, 9.17) is 18.9 Å². The van der Waals surface area contributed by atoms with Gasteiger partial charge in [0.25, 0.3) is 6.29 Å². The van der Waals surface area contributed by atoms with Gasteiger partial charge in [-0.3, -0.25) is 9.59 Å². The highest BCUT2D eigenvalue weighted by Gasteiger charge is 2.25. The standard InChI is InChI=1S/C78H145NO8/c1-6-8-10-12-14-16-18-20-22-24-26-28-30-32-34-36-37-38-39-41-43-45-47-49-51-53-55-57-59-61-63-65-67-69-76(81)87-74(73-86-78(77(82)83)84-71-70-79(3,4)5)72-85-75(80)68-66-64-62-60-58-56-54-52-50-48-46-44-42-40-35-33-31-29-27-25-23-21-19-17-15-13-11-9-7-2/h18-21,24-27,74,78H,6-17,22-23,28-73H2,1-5H3/p+1/b20-18-,21-19-,26-24-,27-25-. The number of carbonyl (C=O) groups is 3. The fourth-order valence-corrected chi connectivity index (χ4v) is 11.3. The van der Waals surface area contributed by atoms with Crippen molar-refractivity contribution in [2.24, 2.45) is 0 Å². The average molecular weight is 1230 g/mol. The fraction of sp³-hybridized carbons (Fsp3) is 0.859. The first-order valence-electron chi connectivity index (χ1n) is 37.8. The first-order chi connectivity index (χ1) is 42.6. The molecular weight excluding hydrogens is 1080 g/mol. The van der Waals surface area contributed by atoms with Gasteiger partial charge in [0.1, 0.15) is 13.2 Å². The molecule has 87 heavy (non-hydrogen) atoms. The highest BCUT2D eigenvalue weighted by atomic mass is 16.7. The van der Waals surface area contributed by atoms with E-state index < -0.39 is 18.4 Å². The van der Waals surface area contributed by atoms with Crippen LogP contribution in [0.25, 0.3) is 0 Å². The van der Waals surface area contributed by atoms with Crippen molar-refractivity contribution in [3.8, 4) is 0 Å². The van der Waals surface area contributed by atoms with Crippen LogP contribution in [0.15, 0.2) is 48.6 Å². The van der Waals surface area contributed by atoms with Gasteiger partial charge in [-0.05, 0) is 77.0 Å². The quantitative estimate of drug-likeness (QED) is 0.0211. The predicted molar refractivity (Wildman–Crippen MR) is 374 cm³/mol. The van der Waals surface area contributed by atoms with Crippen LogP contribution < -0.4 is 0 Å². The molecule has 0 aliphatic carbocycles. The molecule has 0 saturated heterocycles. The number of carbonyl (C=O) groups excluding carboxylic acids is 2. The minimum atomic E-state index is -1.51. The summed E-state index contributed by atoms with van der Waals surface area (Å²) in [5, 5.41) is 9.76. The van der Waals surface area contributed by atoms with Crippen LogP contribution in [0.5, 0.6) is 0 Å². The molecule has 0 saturated carbocycles. The first kappa shape index (κ1) is 84.2. The van der Waals surface area contributed by atoms with Gasteiger partial charge in [0.05, 0.1) is 34.4 Å². The topological polar surface area (TPSA) is 108 Å². The smallest absolute Gasteiger partial charge is 0.361 e. The third kappa shape index (κ3) is 70.6. The number of rotatable bonds is 71. The molecule has 0 fully saturated rings. The van der Waals surface area contributed by atoms with Gasteiger partial charge in [-0.25, -0.2) is 4.79 Å². The molecule has 0 amide bonds. The van der Waals surface area contributed by atoms with Crippen molar-refractivity contribution < 1.29 is 42.9 Å². The summed E-state index contributed by atoms with van der Waals surface area (Å²) in [6.07, 6.45) is 86.7. The summed E-state index contributed by atoms with van der Waals surface area (Å²) >= 11 is 0. The Morgan fingerprint density at radius 2 is 0.621 bits per heavy atom. The number of hydrogen-bond acceptors (Lipinski definition) is 7. The Morgan fingerprint density at radius 3 is 0.908 bits per heavy atom. The van der Waals surface area contributed by atoms with Crippen molar-refractivity contribution in [2.45, 2.75) is 386 Å². The summed E-state index contributed by atoms with van der Waals surface area (Å²) in [5.41, 5.74) is 0. The Kier molecular flexibility index (Phi) is 67.0. The lowest BCUT2D eigenvalue weighted by Gasteiger charge is -2.25. The van der Waals surface area contributed by atoms with Gasteiger partial charge in [0.2, 0.25) is 0 Å². The molecule has 0 radical (unpaired) electrons. The Hall–Kier alpha value is -2.75. The molecule has 0 bridgehead atoms. The molecule has 2 atom stereocenters. The Morgan fingerprint density at radius 1 is 0.345 bits per heavy atom. The lowest BCUT2D eigenvalue weighted by Crippen LogP contribution is -2.40. The van der Waals surface area contributed by atoms with Crippen LogP contribution in [0.2, 0.25) is 0 Å². The molecule has 510 valence electrons. The molecule has 0 aliphatic rings. The summed E-state index contributed by atoms with van der Waals surface area (Å²) in [6.45, 7) is 4.92. The van der Waals surface area contributed by atoms with E-state index >= 15 is 0 Å². The number of hydrogen-bond donors (Lipinski definition) is 1. The Bertz CT molecular complexity index is 1570. The number of carboxylic acids is 1. The maximum absolute atomic E-state index is 13.0. The van der Waals surface area contributed by atoms with Crippen molar-refractivity contribution in [1.29, 1.82) is 0 Å². The normalized spacial score (nSPS) is 12.9. The number of ether oxygens (including phenoxy) is 4. The van der Waals surface area contributed by atoms with E-state index in [1.807, 2.05) is 21.1 Å². The summed E-state index contributed by atoms with van der Waals surface area (Å²) in [7, 11) is 5.99. The number of quaternary nitrogens is 1. The zero-order chi connectivity index (χ0) is 63.3. The lowest BCUT2D eigenvalue weighted by molar-refractivity contribution is -0.870. The maximum atomic E-state index is 13.0. The number of aliphatic carboxylic acids is 1. The van der Waals surface area contributed by atoms with Crippen LogP contribution in [0.1, 0.15) is 373 Å². The van der Waals surface area contributed by atoms with Crippen LogP contribution in [0.4, 0.5) is 0 Å².